The highest BCUT2D eigenvalue weighted by atomic mass is 14.7. The first-order valence-corrected chi connectivity index (χ1v) is 7.13. The van der Waals surface area contributed by atoms with Crippen LogP contribution in [0.4, 0.5) is 0 Å². The van der Waals surface area contributed by atoms with Crippen LogP contribution in [0.15, 0.2) is 18.2 Å². The van der Waals surface area contributed by atoms with Gasteiger partial charge in [0.25, 0.3) is 0 Å². The predicted octanol–water partition coefficient (Wildman–Crippen LogP) is 4.00. The summed E-state index contributed by atoms with van der Waals surface area (Å²) < 4.78 is 0. The molecule has 0 aliphatic heterocycles. The number of nitrogens with two attached hydrogens (primary N) is 1. The predicted molar refractivity (Wildman–Crippen MR) is 74.1 cm³/mol. The van der Waals surface area contributed by atoms with E-state index in [-0.39, 0.29) is 6.04 Å². The fourth-order valence-corrected chi connectivity index (χ4v) is 3.07. The summed E-state index contributed by atoms with van der Waals surface area (Å²) in [7, 11) is 0. The Morgan fingerprint density at radius 2 is 1.88 bits per heavy atom. The van der Waals surface area contributed by atoms with Gasteiger partial charge in [0.05, 0.1) is 0 Å². The van der Waals surface area contributed by atoms with E-state index >= 15 is 0 Å². The normalized spacial score (nSPS) is 18.5. The molecule has 1 aliphatic carbocycles. The smallest absolute Gasteiger partial charge is 0.0326 e. The van der Waals surface area contributed by atoms with Crippen molar-refractivity contribution in [2.45, 2.75) is 58.4 Å². The lowest BCUT2D eigenvalue weighted by Gasteiger charge is -2.22. The zero-order valence-electron chi connectivity index (χ0n) is 11.2. The van der Waals surface area contributed by atoms with Crippen LogP contribution in [-0.2, 0) is 12.8 Å². The van der Waals surface area contributed by atoms with Crippen molar-refractivity contribution in [1.29, 1.82) is 0 Å². The molecule has 1 saturated carbocycles. The molecule has 1 atom stereocenters. The second kappa shape index (κ2) is 5.68. The molecule has 0 heterocycles. The van der Waals surface area contributed by atoms with Crippen molar-refractivity contribution in [2.24, 2.45) is 11.7 Å². The molecule has 1 nitrogen and oxygen atoms in total. The number of hydrogen-bond acceptors (Lipinski definition) is 1. The highest BCUT2D eigenvalue weighted by Gasteiger charge is 2.24. The Bertz CT molecular complexity index is 364. The summed E-state index contributed by atoms with van der Waals surface area (Å²) >= 11 is 0. The van der Waals surface area contributed by atoms with Gasteiger partial charge in [-0.05, 0) is 48.3 Å². The van der Waals surface area contributed by atoms with E-state index in [4.69, 9.17) is 5.73 Å². The molecule has 0 amide bonds. The molecule has 1 fully saturated rings. The minimum Gasteiger partial charge on any atom is -0.324 e. The SMILES string of the molecule is CCc1ccc(CC)c(C(N)C2CCCC2)c1. The summed E-state index contributed by atoms with van der Waals surface area (Å²) in [6.07, 6.45) is 7.58. The fraction of sp³-hybridized carbons (Fsp3) is 0.625. The van der Waals surface area contributed by atoms with E-state index in [1.807, 2.05) is 0 Å². The third kappa shape index (κ3) is 2.71. The maximum Gasteiger partial charge on any atom is 0.0326 e. The van der Waals surface area contributed by atoms with Gasteiger partial charge in [0.1, 0.15) is 0 Å². The van der Waals surface area contributed by atoms with E-state index in [0.29, 0.717) is 5.92 Å². The molecule has 0 bridgehead atoms. The van der Waals surface area contributed by atoms with Crippen LogP contribution in [0, 0.1) is 5.92 Å². The largest absolute Gasteiger partial charge is 0.324 e. The van der Waals surface area contributed by atoms with Gasteiger partial charge in [-0.25, -0.2) is 0 Å². The topological polar surface area (TPSA) is 26.0 Å². The molecule has 1 unspecified atom stereocenters. The van der Waals surface area contributed by atoms with Gasteiger partial charge >= 0.3 is 0 Å². The van der Waals surface area contributed by atoms with Crippen molar-refractivity contribution in [3.63, 3.8) is 0 Å². The van der Waals surface area contributed by atoms with Crippen LogP contribution in [-0.4, -0.2) is 0 Å². The summed E-state index contributed by atoms with van der Waals surface area (Å²) in [4.78, 5) is 0. The Labute approximate surface area is 105 Å². The lowest BCUT2D eigenvalue weighted by atomic mass is 9.87. The summed E-state index contributed by atoms with van der Waals surface area (Å²) in [6, 6.07) is 7.15. The van der Waals surface area contributed by atoms with Gasteiger partial charge in [0.15, 0.2) is 0 Å². The minimum atomic E-state index is 0.263. The molecule has 2 rings (SSSR count). The molecule has 17 heavy (non-hydrogen) atoms. The first-order valence-electron chi connectivity index (χ1n) is 7.13. The van der Waals surface area contributed by atoms with Gasteiger partial charge in [-0.15, -0.1) is 0 Å². The van der Waals surface area contributed by atoms with Crippen LogP contribution in [0.5, 0.6) is 0 Å². The summed E-state index contributed by atoms with van der Waals surface area (Å²) in [6.45, 7) is 4.44. The first kappa shape index (κ1) is 12.6. The standard InChI is InChI=1S/C16H25N/c1-3-12-9-10-13(4-2)15(11-12)16(17)14-7-5-6-8-14/h9-11,14,16H,3-8,17H2,1-2H3. The molecule has 1 heteroatoms. The zero-order chi connectivity index (χ0) is 12.3. The molecule has 0 spiro atoms. The van der Waals surface area contributed by atoms with Crippen molar-refractivity contribution >= 4 is 0 Å². The van der Waals surface area contributed by atoms with Crippen molar-refractivity contribution in [2.75, 3.05) is 0 Å². The molecular weight excluding hydrogens is 206 g/mol. The molecule has 0 aromatic heterocycles. The Morgan fingerprint density at radius 1 is 1.18 bits per heavy atom. The van der Waals surface area contributed by atoms with E-state index in [9.17, 15) is 0 Å². The van der Waals surface area contributed by atoms with Crippen molar-refractivity contribution in [1.82, 2.24) is 0 Å². The highest BCUT2D eigenvalue weighted by molar-refractivity contribution is 5.35. The van der Waals surface area contributed by atoms with E-state index in [0.717, 1.165) is 12.8 Å². The quantitative estimate of drug-likeness (QED) is 0.832. The van der Waals surface area contributed by atoms with Crippen LogP contribution < -0.4 is 5.73 Å². The molecule has 1 aromatic rings. The number of hydrogen-bond donors (Lipinski definition) is 1. The van der Waals surface area contributed by atoms with Crippen molar-refractivity contribution < 1.29 is 0 Å². The zero-order valence-corrected chi connectivity index (χ0v) is 11.2. The van der Waals surface area contributed by atoms with Crippen LogP contribution in [0.25, 0.3) is 0 Å². The van der Waals surface area contributed by atoms with Gasteiger partial charge in [0.2, 0.25) is 0 Å². The van der Waals surface area contributed by atoms with Crippen LogP contribution >= 0.6 is 0 Å². The second-order valence-electron chi connectivity index (χ2n) is 5.31. The third-order valence-corrected chi connectivity index (χ3v) is 4.27. The second-order valence-corrected chi connectivity index (χ2v) is 5.31. The molecule has 2 N–H and O–H groups in total. The Kier molecular flexibility index (Phi) is 4.22. The van der Waals surface area contributed by atoms with Gasteiger partial charge < -0.3 is 5.73 Å². The Hall–Kier alpha value is -0.820. The van der Waals surface area contributed by atoms with Crippen molar-refractivity contribution in [3.8, 4) is 0 Å². The average Bonchev–Trinajstić information content (AvgIpc) is 2.91. The van der Waals surface area contributed by atoms with E-state index in [1.54, 1.807) is 0 Å². The van der Waals surface area contributed by atoms with E-state index in [2.05, 4.69) is 32.0 Å². The first-order chi connectivity index (χ1) is 8.26. The maximum absolute atomic E-state index is 6.50. The third-order valence-electron chi connectivity index (χ3n) is 4.27. The van der Waals surface area contributed by atoms with Crippen LogP contribution in [0.3, 0.4) is 0 Å². The monoisotopic (exact) mass is 231 g/mol. The van der Waals surface area contributed by atoms with Gasteiger partial charge in [-0.3, -0.25) is 0 Å². The van der Waals surface area contributed by atoms with Gasteiger partial charge in [-0.1, -0.05) is 44.9 Å². The minimum absolute atomic E-state index is 0.263. The fourth-order valence-electron chi connectivity index (χ4n) is 3.07. The lowest BCUT2D eigenvalue weighted by molar-refractivity contribution is 0.442. The summed E-state index contributed by atoms with van der Waals surface area (Å²) in [5.41, 5.74) is 10.8. The number of benzene rings is 1. The maximum atomic E-state index is 6.50. The molecule has 1 aliphatic rings. The van der Waals surface area contributed by atoms with Gasteiger partial charge in [-0.2, -0.15) is 0 Å². The Morgan fingerprint density at radius 3 is 2.47 bits per heavy atom. The molecular formula is C16H25N. The molecule has 1 aromatic carbocycles. The van der Waals surface area contributed by atoms with E-state index in [1.165, 1.54) is 42.4 Å². The molecule has 0 saturated heterocycles. The Balaban J connectivity index is 2.27. The van der Waals surface area contributed by atoms with Gasteiger partial charge in [0, 0.05) is 6.04 Å². The molecule has 0 radical (unpaired) electrons. The highest BCUT2D eigenvalue weighted by Crippen LogP contribution is 2.35. The number of aryl methyl sites for hydroxylation is 2. The molecule has 94 valence electrons. The average molecular weight is 231 g/mol. The summed E-state index contributed by atoms with van der Waals surface area (Å²) in [5, 5.41) is 0. The lowest BCUT2D eigenvalue weighted by Crippen LogP contribution is -2.20. The van der Waals surface area contributed by atoms with E-state index < -0.39 is 0 Å². The summed E-state index contributed by atoms with van der Waals surface area (Å²) in [5.74, 6) is 0.715. The van der Waals surface area contributed by atoms with Crippen molar-refractivity contribution in [3.05, 3.63) is 34.9 Å². The van der Waals surface area contributed by atoms with Crippen LogP contribution in [0.1, 0.15) is 62.3 Å². The van der Waals surface area contributed by atoms with Crippen LogP contribution in [0.2, 0.25) is 0 Å². The number of rotatable bonds is 4.